The van der Waals surface area contributed by atoms with Crippen LogP contribution in [0.4, 0.5) is 0 Å². The van der Waals surface area contributed by atoms with Crippen molar-refractivity contribution < 1.29 is 24.2 Å². The molecule has 0 radical (unpaired) electrons. The first-order valence-corrected chi connectivity index (χ1v) is 11.3. The Morgan fingerprint density at radius 3 is 2.21 bits per heavy atom. The van der Waals surface area contributed by atoms with E-state index in [1.54, 1.807) is 18.2 Å². The number of carbonyl (C=O) groups is 2. The number of aliphatic hydroxyl groups excluding tert-OH is 1. The molecule has 1 amide bonds. The minimum absolute atomic E-state index is 0.0406. The molecule has 1 N–H and O–H groups in total. The molecule has 0 aromatic heterocycles. The number of hydrogen-bond donors (Lipinski definition) is 1. The third-order valence-corrected chi connectivity index (χ3v) is 6.08. The SMILES string of the molecule is COc1ccc(OC)c(/C(O)=C2\C(=O)C(=O)N(CCN(C)C)C2c2ccc(C(C)(C)C)cc2)c1. The lowest BCUT2D eigenvalue weighted by atomic mass is 9.85. The van der Waals surface area contributed by atoms with Crippen LogP contribution < -0.4 is 9.47 Å². The summed E-state index contributed by atoms with van der Waals surface area (Å²) < 4.78 is 10.7. The number of ether oxygens (including phenoxy) is 2. The third-order valence-electron chi connectivity index (χ3n) is 6.08. The molecule has 1 unspecified atom stereocenters. The summed E-state index contributed by atoms with van der Waals surface area (Å²) in [6.07, 6.45) is 0. The number of aliphatic hydroxyl groups is 1. The van der Waals surface area contributed by atoms with E-state index in [9.17, 15) is 14.7 Å². The van der Waals surface area contributed by atoms with Crippen molar-refractivity contribution in [2.75, 3.05) is 41.4 Å². The quantitative estimate of drug-likeness (QED) is 0.378. The molecule has 0 spiro atoms. The Morgan fingerprint density at radius 1 is 1.03 bits per heavy atom. The zero-order chi connectivity index (χ0) is 25.2. The van der Waals surface area contributed by atoms with Crippen molar-refractivity contribution in [3.8, 4) is 11.5 Å². The molecule has 7 nitrogen and oxygen atoms in total. The number of ketones is 1. The summed E-state index contributed by atoms with van der Waals surface area (Å²) in [6, 6.07) is 12.1. The van der Waals surface area contributed by atoms with Gasteiger partial charge >= 0.3 is 0 Å². The van der Waals surface area contributed by atoms with Crippen molar-refractivity contribution in [2.45, 2.75) is 32.2 Å². The van der Waals surface area contributed by atoms with Crippen molar-refractivity contribution >= 4 is 17.4 Å². The van der Waals surface area contributed by atoms with Gasteiger partial charge in [0.25, 0.3) is 11.7 Å². The molecule has 3 rings (SSSR count). The number of nitrogens with zero attached hydrogens (tertiary/aromatic N) is 2. The average molecular weight is 467 g/mol. The van der Waals surface area contributed by atoms with Gasteiger partial charge in [0.15, 0.2) is 0 Å². The highest BCUT2D eigenvalue weighted by molar-refractivity contribution is 6.46. The standard InChI is InChI=1S/C27H34N2O5/c1-27(2,3)18-10-8-17(9-11-18)23-22(25(31)26(32)29(23)15-14-28(4)5)24(30)20-16-19(33-6)12-13-21(20)34-7/h8-13,16,23,30H,14-15H2,1-7H3/b24-22+. The molecule has 1 aliphatic rings. The lowest BCUT2D eigenvalue weighted by Crippen LogP contribution is -2.35. The molecule has 34 heavy (non-hydrogen) atoms. The Kier molecular flexibility index (Phi) is 7.36. The maximum Gasteiger partial charge on any atom is 0.295 e. The Balaban J connectivity index is 2.21. The van der Waals surface area contributed by atoms with Gasteiger partial charge in [-0.05, 0) is 48.8 Å². The number of methoxy groups -OCH3 is 2. The van der Waals surface area contributed by atoms with E-state index >= 15 is 0 Å². The number of Topliss-reactive ketones (excluding diaryl/α,β-unsaturated/α-hetero) is 1. The molecule has 1 fully saturated rings. The van der Waals surface area contributed by atoms with E-state index in [1.807, 2.05) is 43.3 Å². The van der Waals surface area contributed by atoms with Crippen LogP contribution in [0.3, 0.4) is 0 Å². The van der Waals surface area contributed by atoms with Crippen molar-refractivity contribution in [1.82, 2.24) is 9.80 Å². The molecule has 2 aromatic rings. The molecule has 1 heterocycles. The predicted octanol–water partition coefficient (Wildman–Crippen LogP) is 3.98. The highest BCUT2D eigenvalue weighted by atomic mass is 16.5. The summed E-state index contributed by atoms with van der Waals surface area (Å²) in [7, 11) is 6.81. The lowest BCUT2D eigenvalue weighted by Gasteiger charge is -2.27. The second-order valence-electron chi connectivity index (χ2n) is 9.73. The number of hydrogen-bond acceptors (Lipinski definition) is 6. The summed E-state index contributed by atoms with van der Waals surface area (Å²) in [4.78, 5) is 29.8. The molecule has 1 aliphatic heterocycles. The Morgan fingerprint density at radius 2 is 1.68 bits per heavy atom. The van der Waals surface area contributed by atoms with Crippen LogP contribution in [0.15, 0.2) is 48.0 Å². The fraction of sp³-hybridized carbons (Fsp3) is 0.407. The van der Waals surface area contributed by atoms with E-state index in [1.165, 1.54) is 19.1 Å². The summed E-state index contributed by atoms with van der Waals surface area (Å²) in [5, 5.41) is 11.4. The van der Waals surface area contributed by atoms with E-state index in [-0.39, 0.29) is 16.7 Å². The fourth-order valence-corrected chi connectivity index (χ4v) is 4.07. The van der Waals surface area contributed by atoms with Gasteiger partial charge in [0.1, 0.15) is 17.3 Å². The second kappa shape index (κ2) is 9.89. The largest absolute Gasteiger partial charge is 0.507 e. The van der Waals surface area contributed by atoms with Gasteiger partial charge in [0.2, 0.25) is 0 Å². The Bertz CT molecular complexity index is 1100. The van der Waals surface area contributed by atoms with Crippen LogP contribution >= 0.6 is 0 Å². The summed E-state index contributed by atoms with van der Waals surface area (Å²) in [5.41, 5.74) is 2.19. The van der Waals surface area contributed by atoms with E-state index < -0.39 is 17.7 Å². The Hall–Kier alpha value is -3.32. The number of carbonyl (C=O) groups excluding carboxylic acids is 2. The molecular formula is C27H34N2O5. The van der Waals surface area contributed by atoms with Crippen molar-refractivity contribution in [1.29, 1.82) is 0 Å². The van der Waals surface area contributed by atoms with Crippen molar-refractivity contribution in [3.05, 3.63) is 64.7 Å². The molecular weight excluding hydrogens is 432 g/mol. The van der Waals surface area contributed by atoms with E-state index in [4.69, 9.17) is 9.47 Å². The molecule has 182 valence electrons. The maximum atomic E-state index is 13.2. The van der Waals surface area contributed by atoms with E-state index in [0.29, 0.717) is 30.2 Å². The second-order valence-corrected chi connectivity index (χ2v) is 9.73. The summed E-state index contributed by atoms with van der Waals surface area (Å²) >= 11 is 0. The smallest absolute Gasteiger partial charge is 0.295 e. The van der Waals surface area contributed by atoms with E-state index in [0.717, 1.165) is 11.1 Å². The monoisotopic (exact) mass is 466 g/mol. The van der Waals surface area contributed by atoms with Crippen LogP contribution in [0.2, 0.25) is 0 Å². The molecule has 0 bridgehead atoms. The summed E-state index contributed by atoms with van der Waals surface area (Å²) in [6.45, 7) is 7.29. The predicted molar refractivity (Wildman–Crippen MR) is 132 cm³/mol. The van der Waals surface area contributed by atoms with Gasteiger partial charge in [-0.2, -0.15) is 0 Å². The highest BCUT2D eigenvalue weighted by Gasteiger charge is 2.46. The molecule has 0 aliphatic carbocycles. The number of likely N-dealkylation sites (tertiary alicyclic amines) is 1. The average Bonchev–Trinajstić information content (AvgIpc) is 3.06. The highest BCUT2D eigenvalue weighted by Crippen LogP contribution is 2.42. The minimum Gasteiger partial charge on any atom is -0.507 e. The normalized spacial score (nSPS) is 18.0. The topological polar surface area (TPSA) is 79.3 Å². The number of benzene rings is 2. The molecule has 7 heteroatoms. The molecule has 0 saturated carbocycles. The summed E-state index contributed by atoms with van der Waals surface area (Å²) in [5.74, 6) is -0.762. The van der Waals surface area contributed by atoms with Gasteiger partial charge in [-0.3, -0.25) is 9.59 Å². The molecule has 2 aromatic carbocycles. The van der Waals surface area contributed by atoms with Crippen LogP contribution in [0, 0.1) is 0 Å². The Labute approximate surface area is 201 Å². The van der Waals surface area contributed by atoms with Crippen LogP contribution in [-0.2, 0) is 15.0 Å². The molecule has 1 atom stereocenters. The van der Waals surface area contributed by atoms with Crippen molar-refractivity contribution in [3.63, 3.8) is 0 Å². The van der Waals surface area contributed by atoms with Gasteiger partial charge in [0.05, 0.1) is 31.4 Å². The first-order valence-electron chi connectivity index (χ1n) is 11.3. The van der Waals surface area contributed by atoms with Crippen LogP contribution in [0.1, 0.15) is 43.5 Å². The minimum atomic E-state index is -0.718. The zero-order valence-corrected chi connectivity index (χ0v) is 21.0. The lowest BCUT2D eigenvalue weighted by molar-refractivity contribution is -0.140. The first kappa shape index (κ1) is 25.3. The number of amides is 1. The first-order chi connectivity index (χ1) is 16.0. The van der Waals surface area contributed by atoms with Crippen LogP contribution in [0.25, 0.3) is 5.76 Å². The maximum absolute atomic E-state index is 13.2. The van der Waals surface area contributed by atoms with Gasteiger partial charge in [-0.25, -0.2) is 0 Å². The number of likely N-dealkylation sites (N-methyl/N-ethyl adjacent to an activating group) is 1. The third kappa shape index (κ3) is 4.94. The van der Waals surface area contributed by atoms with Crippen molar-refractivity contribution in [2.24, 2.45) is 0 Å². The van der Waals surface area contributed by atoms with Crippen LogP contribution in [-0.4, -0.2) is 68.0 Å². The van der Waals surface area contributed by atoms with Gasteiger partial charge in [-0.1, -0.05) is 45.0 Å². The van der Waals surface area contributed by atoms with E-state index in [2.05, 4.69) is 20.8 Å². The van der Waals surface area contributed by atoms with Gasteiger partial charge in [0, 0.05) is 13.1 Å². The molecule has 1 saturated heterocycles. The number of rotatable bonds is 7. The van der Waals surface area contributed by atoms with Gasteiger partial charge < -0.3 is 24.4 Å². The fourth-order valence-electron chi connectivity index (χ4n) is 4.07. The zero-order valence-electron chi connectivity index (χ0n) is 21.0. The van der Waals surface area contributed by atoms with Gasteiger partial charge in [-0.15, -0.1) is 0 Å². The van der Waals surface area contributed by atoms with Crippen LogP contribution in [0.5, 0.6) is 11.5 Å².